The summed E-state index contributed by atoms with van der Waals surface area (Å²) in [6, 6.07) is 3.44. The summed E-state index contributed by atoms with van der Waals surface area (Å²) in [7, 11) is 0. The maximum atomic E-state index is 13.9. The van der Waals surface area contributed by atoms with Crippen molar-refractivity contribution in [1.82, 2.24) is 9.66 Å². The molecule has 1 aliphatic carbocycles. The second kappa shape index (κ2) is 5.61. The Morgan fingerprint density at radius 2 is 2.00 bits per heavy atom. The molecule has 1 saturated carbocycles. The second-order valence-corrected chi connectivity index (χ2v) is 6.68. The number of aromatic nitrogens is 2. The molecule has 0 N–H and O–H groups in total. The van der Waals surface area contributed by atoms with Gasteiger partial charge in [0, 0.05) is 0 Å². The molecule has 2 aliphatic rings. The van der Waals surface area contributed by atoms with Crippen molar-refractivity contribution in [1.29, 1.82) is 0 Å². The lowest BCUT2D eigenvalue weighted by atomic mass is 9.98. The van der Waals surface area contributed by atoms with Crippen LogP contribution in [0.1, 0.15) is 37.1 Å². The van der Waals surface area contributed by atoms with Crippen LogP contribution in [-0.4, -0.2) is 21.9 Å². The molecular formula is C18H17F4N3. The molecule has 0 spiro atoms. The molecule has 25 heavy (non-hydrogen) atoms. The van der Waals surface area contributed by atoms with Crippen LogP contribution in [0.3, 0.4) is 0 Å². The van der Waals surface area contributed by atoms with Crippen molar-refractivity contribution in [3.63, 3.8) is 0 Å². The summed E-state index contributed by atoms with van der Waals surface area (Å²) >= 11 is 0. The zero-order valence-electron chi connectivity index (χ0n) is 13.5. The molecular weight excluding hydrogens is 334 g/mol. The van der Waals surface area contributed by atoms with Gasteiger partial charge in [0.25, 0.3) is 0 Å². The number of hydrogen-bond donors (Lipinski definition) is 0. The van der Waals surface area contributed by atoms with E-state index in [-0.39, 0.29) is 0 Å². The predicted molar refractivity (Wildman–Crippen MR) is 85.8 cm³/mol. The van der Waals surface area contributed by atoms with Gasteiger partial charge in [0.05, 0.1) is 17.9 Å². The van der Waals surface area contributed by atoms with E-state index in [1.165, 1.54) is 34.2 Å². The second-order valence-electron chi connectivity index (χ2n) is 6.68. The monoisotopic (exact) mass is 351 g/mol. The topological polar surface area (TPSA) is 21.1 Å². The molecule has 0 bridgehead atoms. The van der Waals surface area contributed by atoms with Crippen LogP contribution in [0.15, 0.2) is 42.9 Å². The average molecular weight is 351 g/mol. The van der Waals surface area contributed by atoms with Gasteiger partial charge < -0.3 is 0 Å². The van der Waals surface area contributed by atoms with Crippen LogP contribution in [-0.2, 0) is 0 Å². The summed E-state index contributed by atoms with van der Waals surface area (Å²) in [6.45, 7) is 1.83. The third-order valence-electron chi connectivity index (χ3n) is 4.84. The lowest BCUT2D eigenvalue weighted by Gasteiger charge is -2.43. The van der Waals surface area contributed by atoms with Crippen LogP contribution in [0.5, 0.6) is 0 Å². The molecule has 2 aromatic rings. The van der Waals surface area contributed by atoms with Crippen LogP contribution < -0.4 is 5.01 Å². The number of rotatable bonds is 3. The average Bonchev–Trinajstić information content (AvgIpc) is 3.22. The standard InChI is InChI=1S/C18H17F4N3/c1-11-7-15(13-3-2-4-14(19)8-13)25(24-10-23-9-16(11)24)17(12-5-6-12)18(20,21)22/h2-4,7-10,12,15,17H,5-6H2,1H3. The van der Waals surface area contributed by atoms with Gasteiger partial charge in [-0.15, -0.1) is 0 Å². The van der Waals surface area contributed by atoms with Gasteiger partial charge in [0.2, 0.25) is 0 Å². The molecule has 0 radical (unpaired) electrons. The van der Waals surface area contributed by atoms with Crippen LogP contribution in [0, 0.1) is 11.7 Å². The van der Waals surface area contributed by atoms with E-state index < -0.39 is 30.0 Å². The van der Waals surface area contributed by atoms with Crippen molar-refractivity contribution in [2.45, 2.75) is 38.0 Å². The van der Waals surface area contributed by atoms with Crippen molar-refractivity contribution < 1.29 is 17.6 Å². The lowest BCUT2D eigenvalue weighted by molar-refractivity contribution is -0.158. The molecule has 3 nitrogen and oxygen atoms in total. The van der Waals surface area contributed by atoms with E-state index in [0.717, 1.165) is 5.57 Å². The van der Waals surface area contributed by atoms with Crippen LogP contribution in [0.25, 0.3) is 5.57 Å². The number of imidazole rings is 1. The number of halogens is 4. The van der Waals surface area contributed by atoms with Crippen molar-refractivity contribution in [3.8, 4) is 0 Å². The molecule has 1 aromatic carbocycles. The largest absolute Gasteiger partial charge is 0.410 e. The zero-order valence-corrected chi connectivity index (χ0v) is 13.5. The number of benzene rings is 1. The SMILES string of the molecule is CC1=CC(c2cccc(F)c2)N(C(C2CC2)C(F)(F)F)n2cncc21. The van der Waals surface area contributed by atoms with E-state index in [2.05, 4.69) is 4.98 Å². The minimum Gasteiger partial charge on any atom is -0.287 e. The predicted octanol–water partition coefficient (Wildman–Crippen LogP) is 4.46. The summed E-state index contributed by atoms with van der Waals surface area (Å²) in [5.74, 6) is -0.909. The molecule has 1 aliphatic heterocycles. The Bertz CT molecular complexity index is 820. The summed E-state index contributed by atoms with van der Waals surface area (Å²) in [5.41, 5.74) is 1.94. The summed E-state index contributed by atoms with van der Waals surface area (Å²) in [6.07, 6.45) is 1.42. The maximum absolute atomic E-state index is 13.9. The van der Waals surface area contributed by atoms with Crippen molar-refractivity contribution in [3.05, 3.63) is 59.9 Å². The van der Waals surface area contributed by atoms with Gasteiger partial charge in [-0.2, -0.15) is 13.2 Å². The Morgan fingerprint density at radius 1 is 1.24 bits per heavy atom. The normalized spacial score (nSPS) is 21.7. The van der Waals surface area contributed by atoms with Crippen molar-refractivity contribution >= 4 is 5.57 Å². The first-order chi connectivity index (χ1) is 11.9. The molecule has 2 heterocycles. The smallest absolute Gasteiger partial charge is 0.287 e. The van der Waals surface area contributed by atoms with Gasteiger partial charge in [0.1, 0.15) is 18.2 Å². The molecule has 1 aromatic heterocycles. The third kappa shape index (κ3) is 2.81. The van der Waals surface area contributed by atoms with E-state index >= 15 is 0 Å². The van der Waals surface area contributed by atoms with Crippen LogP contribution in [0.4, 0.5) is 17.6 Å². The minimum atomic E-state index is -4.38. The van der Waals surface area contributed by atoms with E-state index in [1.807, 2.05) is 6.92 Å². The molecule has 2 atom stereocenters. The Labute approximate surface area is 142 Å². The fraction of sp³-hybridized carbons (Fsp3) is 0.389. The highest BCUT2D eigenvalue weighted by Crippen LogP contribution is 2.46. The molecule has 7 heteroatoms. The van der Waals surface area contributed by atoms with Gasteiger partial charge in [-0.1, -0.05) is 18.2 Å². The van der Waals surface area contributed by atoms with Gasteiger partial charge >= 0.3 is 6.18 Å². The Hall–Kier alpha value is -2.31. The summed E-state index contributed by atoms with van der Waals surface area (Å²) < 4.78 is 56.9. The first-order valence-electron chi connectivity index (χ1n) is 8.18. The molecule has 1 fully saturated rings. The first kappa shape index (κ1) is 16.2. The summed E-state index contributed by atoms with van der Waals surface area (Å²) in [5, 5.41) is 1.31. The first-order valence-corrected chi connectivity index (χ1v) is 8.18. The van der Waals surface area contributed by atoms with Crippen molar-refractivity contribution in [2.24, 2.45) is 5.92 Å². The Kier molecular flexibility index (Phi) is 3.63. The number of nitrogens with zero attached hydrogens (tertiary/aromatic N) is 3. The molecule has 4 rings (SSSR count). The van der Waals surface area contributed by atoms with Gasteiger partial charge in [-0.05, 0) is 49.0 Å². The number of alkyl halides is 3. The fourth-order valence-corrected chi connectivity index (χ4v) is 3.58. The van der Waals surface area contributed by atoms with Gasteiger partial charge in [0.15, 0.2) is 0 Å². The maximum Gasteiger partial charge on any atom is 0.410 e. The Morgan fingerprint density at radius 3 is 2.64 bits per heavy atom. The van der Waals surface area contributed by atoms with E-state index in [9.17, 15) is 17.6 Å². The highest BCUT2D eigenvalue weighted by atomic mass is 19.4. The van der Waals surface area contributed by atoms with Gasteiger partial charge in [-0.25, -0.2) is 14.1 Å². The van der Waals surface area contributed by atoms with Crippen molar-refractivity contribution in [2.75, 3.05) is 5.01 Å². The Balaban J connectivity index is 1.87. The number of allylic oxidation sites excluding steroid dienone is 1. The zero-order chi connectivity index (χ0) is 17.8. The highest BCUT2D eigenvalue weighted by molar-refractivity contribution is 5.64. The van der Waals surface area contributed by atoms with E-state index in [4.69, 9.17) is 0 Å². The van der Waals surface area contributed by atoms with Gasteiger partial charge in [-0.3, -0.25) is 5.01 Å². The molecule has 0 amide bonds. The lowest BCUT2D eigenvalue weighted by Crippen LogP contribution is -2.55. The van der Waals surface area contributed by atoms with E-state index in [1.54, 1.807) is 18.3 Å². The van der Waals surface area contributed by atoms with Crippen LogP contribution >= 0.6 is 0 Å². The molecule has 2 unspecified atom stereocenters. The summed E-state index contributed by atoms with van der Waals surface area (Å²) in [4.78, 5) is 4.03. The van der Waals surface area contributed by atoms with E-state index in [0.29, 0.717) is 24.1 Å². The quantitative estimate of drug-likeness (QED) is 0.762. The third-order valence-corrected chi connectivity index (χ3v) is 4.84. The highest BCUT2D eigenvalue weighted by Gasteiger charge is 2.54. The minimum absolute atomic E-state index is 0.446. The molecule has 132 valence electrons. The number of fused-ring (bicyclic) bond motifs is 1. The van der Waals surface area contributed by atoms with Crippen LogP contribution in [0.2, 0.25) is 0 Å². The fourth-order valence-electron chi connectivity index (χ4n) is 3.58. The number of hydrogen-bond acceptors (Lipinski definition) is 2. The molecule has 0 saturated heterocycles.